The quantitative estimate of drug-likeness (QED) is 0.629. The Morgan fingerprint density at radius 1 is 1.21 bits per heavy atom. The van der Waals surface area contributed by atoms with Crippen LogP contribution < -0.4 is 10.5 Å². The Kier molecular flexibility index (Phi) is 5.58. The summed E-state index contributed by atoms with van der Waals surface area (Å²) in [5.74, 6) is -4.01. The van der Waals surface area contributed by atoms with E-state index in [2.05, 4.69) is 15.0 Å². The molecular weight excluding hydrogens is 437 g/mol. The van der Waals surface area contributed by atoms with Crippen LogP contribution in [0.25, 0.3) is 0 Å². The molecule has 0 amide bonds. The van der Waals surface area contributed by atoms with Gasteiger partial charge in [-0.1, -0.05) is 6.07 Å². The Balaban J connectivity index is 1.57. The lowest BCUT2D eigenvalue weighted by molar-refractivity contribution is -0.207. The number of aromatic nitrogens is 2. The zero-order chi connectivity index (χ0) is 24.0. The van der Waals surface area contributed by atoms with Crippen LogP contribution in [0.3, 0.4) is 0 Å². The van der Waals surface area contributed by atoms with Crippen molar-refractivity contribution in [3.8, 4) is 5.88 Å². The van der Waals surface area contributed by atoms with Crippen LogP contribution in [-0.4, -0.2) is 39.9 Å². The highest BCUT2D eigenvalue weighted by molar-refractivity contribution is 5.95. The van der Waals surface area contributed by atoms with E-state index >= 15 is 8.78 Å². The molecule has 0 saturated heterocycles. The number of nitrogens with two attached hydrogens (primary N) is 1. The molecule has 1 fully saturated rings. The molecular formula is C23H25F3N4O3. The summed E-state index contributed by atoms with van der Waals surface area (Å²) in [4.78, 5) is 24.6. The van der Waals surface area contributed by atoms with Crippen molar-refractivity contribution in [1.29, 1.82) is 0 Å². The van der Waals surface area contributed by atoms with Gasteiger partial charge >= 0.3 is 5.92 Å². The second-order valence-electron chi connectivity index (χ2n) is 9.12. The number of ketones is 1. The summed E-state index contributed by atoms with van der Waals surface area (Å²) in [5, 5.41) is 0. The monoisotopic (exact) mass is 462 g/mol. The Hall–Kier alpha value is -3.17. The summed E-state index contributed by atoms with van der Waals surface area (Å²) in [6.07, 6.45) is 4.75. The van der Waals surface area contributed by atoms with Crippen molar-refractivity contribution in [2.75, 3.05) is 6.61 Å². The van der Waals surface area contributed by atoms with Gasteiger partial charge in [-0.3, -0.25) is 4.79 Å². The molecule has 1 atom stereocenters. The van der Waals surface area contributed by atoms with Crippen LogP contribution in [-0.2, 0) is 16.7 Å². The van der Waals surface area contributed by atoms with E-state index in [9.17, 15) is 9.18 Å². The number of rotatable bonds is 7. The van der Waals surface area contributed by atoms with Crippen LogP contribution >= 0.6 is 0 Å². The molecule has 1 saturated carbocycles. The van der Waals surface area contributed by atoms with Crippen molar-refractivity contribution >= 4 is 11.8 Å². The zero-order valence-electron chi connectivity index (χ0n) is 18.6. The minimum atomic E-state index is -3.60. The fourth-order valence-electron chi connectivity index (χ4n) is 3.81. The number of carbonyl (C=O) groups excluding carboxylic acids is 1. The van der Waals surface area contributed by atoms with Gasteiger partial charge < -0.3 is 15.2 Å². The molecule has 0 unspecified atom stereocenters. The lowest BCUT2D eigenvalue weighted by Gasteiger charge is -2.46. The lowest BCUT2D eigenvalue weighted by Crippen LogP contribution is -2.62. The van der Waals surface area contributed by atoms with E-state index < -0.39 is 34.7 Å². The van der Waals surface area contributed by atoms with Gasteiger partial charge in [0.25, 0.3) is 6.02 Å². The number of hydrogen-bond donors (Lipinski definition) is 1. The molecule has 0 spiro atoms. The van der Waals surface area contributed by atoms with E-state index in [1.54, 1.807) is 0 Å². The second-order valence-corrected chi connectivity index (χ2v) is 9.12. The number of benzene rings is 1. The summed E-state index contributed by atoms with van der Waals surface area (Å²) in [6, 6.07) is 3.14. The average Bonchev–Trinajstić information content (AvgIpc) is 3.57. The Morgan fingerprint density at radius 3 is 2.58 bits per heavy atom. The van der Waals surface area contributed by atoms with E-state index in [4.69, 9.17) is 15.2 Å². The van der Waals surface area contributed by atoms with Gasteiger partial charge in [0, 0.05) is 12.0 Å². The minimum Gasteiger partial charge on any atom is -0.476 e. The Labute approximate surface area is 189 Å². The van der Waals surface area contributed by atoms with Gasteiger partial charge in [-0.25, -0.2) is 19.4 Å². The summed E-state index contributed by atoms with van der Waals surface area (Å²) in [7, 11) is 0. The van der Waals surface area contributed by atoms with E-state index in [1.807, 2.05) is 0 Å². The third-order valence-electron chi connectivity index (χ3n) is 6.06. The standard InChI is InChI=1S/C23H25F3N4O3/c1-21(2)23(25,26)22(3,30-20(27)33-21)15-8-14(6-7-16(15)24)9-18(31)17-10-29-19(11-28-17)32-12-13-4-5-13/h6-8,10-11,13H,4-5,9,12H2,1-3H3,(H2,27,30)/t22-/m1/s1. The molecule has 2 aromatic rings. The van der Waals surface area contributed by atoms with Crippen molar-refractivity contribution in [2.24, 2.45) is 16.6 Å². The van der Waals surface area contributed by atoms with E-state index in [0.717, 1.165) is 39.7 Å². The van der Waals surface area contributed by atoms with Gasteiger partial charge in [-0.2, -0.15) is 8.78 Å². The topological polar surface area (TPSA) is 99.7 Å². The van der Waals surface area contributed by atoms with Crippen LogP contribution in [0.2, 0.25) is 0 Å². The molecule has 2 heterocycles. The number of carbonyl (C=O) groups is 1. The summed E-state index contributed by atoms with van der Waals surface area (Å²) in [6.45, 7) is 3.99. The first kappa shape index (κ1) is 23.0. The summed E-state index contributed by atoms with van der Waals surface area (Å²) in [5.41, 5.74) is 1.31. The normalized spacial score (nSPS) is 23.4. The molecule has 176 valence electrons. The van der Waals surface area contributed by atoms with Gasteiger partial charge in [-0.05, 0) is 57.2 Å². The van der Waals surface area contributed by atoms with Gasteiger partial charge in [0.15, 0.2) is 16.9 Å². The highest BCUT2D eigenvalue weighted by atomic mass is 19.3. The first-order valence-electron chi connectivity index (χ1n) is 10.6. The third kappa shape index (κ3) is 4.26. The minimum absolute atomic E-state index is 0.0886. The Morgan fingerprint density at radius 2 is 1.94 bits per heavy atom. The fourth-order valence-corrected chi connectivity index (χ4v) is 3.81. The van der Waals surface area contributed by atoms with Crippen LogP contribution in [0.15, 0.2) is 35.6 Å². The number of halogens is 3. The maximum Gasteiger partial charge on any atom is 0.315 e. The van der Waals surface area contributed by atoms with Crippen LogP contribution in [0, 0.1) is 11.7 Å². The highest BCUT2D eigenvalue weighted by Crippen LogP contribution is 2.51. The van der Waals surface area contributed by atoms with Crippen molar-refractivity contribution in [3.63, 3.8) is 0 Å². The molecule has 1 aromatic carbocycles. The van der Waals surface area contributed by atoms with Gasteiger partial charge in [0.2, 0.25) is 5.88 Å². The summed E-state index contributed by atoms with van der Waals surface area (Å²) < 4.78 is 55.9. The highest BCUT2D eigenvalue weighted by Gasteiger charge is 2.66. The predicted octanol–water partition coefficient (Wildman–Crippen LogP) is 3.80. The van der Waals surface area contributed by atoms with E-state index in [0.29, 0.717) is 24.0 Å². The molecule has 1 aliphatic heterocycles. The van der Waals surface area contributed by atoms with Crippen molar-refractivity contribution in [3.05, 3.63) is 53.2 Å². The largest absolute Gasteiger partial charge is 0.476 e. The second kappa shape index (κ2) is 8.00. The Bertz CT molecular complexity index is 1100. The molecule has 33 heavy (non-hydrogen) atoms. The number of hydrogen-bond acceptors (Lipinski definition) is 7. The zero-order valence-corrected chi connectivity index (χ0v) is 18.6. The predicted molar refractivity (Wildman–Crippen MR) is 114 cm³/mol. The van der Waals surface area contributed by atoms with Crippen LogP contribution in [0.1, 0.15) is 55.2 Å². The molecule has 1 aliphatic carbocycles. The molecule has 1 aromatic heterocycles. The maximum absolute atomic E-state index is 15.3. The molecule has 7 nitrogen and oxygen atoms in total. The van der Waals surface area contributed by atoms with Gasteiger partial charge in [0.05, 0.1) is 19.0 Å². The first-order chi connectivity index (χ1) is 15.4. The molecule has 0 bridgehead atoms. The van der Waals surface area contributed by atoms with Crippen molar-refractivity contribution < 1.29 is 27.4 Å². The van der Waals surface area contributed by atoms with Gasteiger partial charge in [0.1, 0.15) is 11.5 Å². The third-order valence-corrected chi connectivity index (χ3v) is 6.06. The molecule has 2 N–H and O–H groups in total. The maximum atomic E-state index is 15.3. The first-order valence-corrected chi connectivity index (χ1v) is 10.6. The van der Waals surface area contributed by atoms with E-state index in [-0.39, 0.29) is 17.7 Å². The SMILES string of the molecule is CC1(C)OC(N)=N[C@](C)(c2cc(CC(=O)c3cnc(OCC4CC4)cn3)ccc2F)C1(F)F. The number of amidine groups is 1. The molecule has 2 aliphatic rings. The van der Waals surface area contributed by atoms with Crippen molar-refractivity contribution in [1.82, 2.24) is 9.97 Å². The number of alkyl halides is 2. The number of Topliss-reactive ketones (excluding diaryl/α,β-unsaturated/α-hetero) is 1. The molecule has 0 radical (unpaired) electrons. The smallest absolute Gasteiger partial charge is 0.315 e. The van der Waals surface area contributed by atoms with Crippen molar-refractivity contribution in [2.45, 2.75) is 57.1 Å². The number of nitrogens with zero attached hydrogens (tertiary/aromatic N) is 3. The van der Waals surface area contributed by atoms with E-state index in [1.165, 1.54) is 24.5 Å². The number of ether oxygens (including phenoxy) is 2. The average molecular weight is 462 g/mol. The summed E-state index contributed by atoms with van der Waals surface area (Å²) >= 11 is 0. The molecule has 10 heteroatoms. The number of aliphatic imine (C=N–C) groups is 1. The molecule has 4 rings (SSSR count). The van der Waals surface area contributed by atoms with Crippen LogP contribution in [0.4, 0.5) is 13.2 Å². The van der Waals surface area contributed by atoms with Crippen LogP contribution in [0.5, 0.6) is 5.88 Å². The van der Waals surface area contributed by atoms with Gasteiger partial charge in [-0.15, -0.1) is 0 Å². The fraction of sp³-hybridized carbons (Fsp3) is 0.478. The lowest BCUT2D eigenvalue weighted by atomic mass is 9.76.